The van der Waals surface area contributed by atoms with Gasteiger partial charge in [-0.05, 0) is 23.5 Å². The zero-order valence-corrected chi connectivity index (χ0v) is 14.6. The third kappa shape index (κ3) is 6.08. The summed E-state index contributed by atoms with van der Waals surface area (Å²) in [6.07, 6.45) is 6.51. The lowest BCUT2D eigenvalue weighted by atomic mass is 9.77. The van der Waals surface area contributed by atoms with Gasteiger partial charge < -0.3 is 10.4 Å². The Morgan fingerprint density at radius 1 is 1.33 bits per heavy atom. The van der Waals surface area contributed by atoms with Gasteiger partial charge in [0.25, 0.3) is 0 Å². The van der Waals surface area contributed by atoms with Gasteiger partial charge in [0, 0.05) is 6.54 Å². The van der Waals surface area contributed by atoms with E-state index in [-0.39, 0.29) is 5.41 Å². The Hall–Kier alpha value is -1.03. The molecule has 0 aliphatic heterocycles. The Morgan fingerprint density at radius 2 is 2.05 bits per heavy atom. The van der Waals surface area contributed by atoms with Crippen LogP contribution in [0.25, 0.3) is 0 Å². The Balaban J connectivity index is 2.41. The molecule has 0 saturated heterocycles. The molecule has 21 heavy (non-hydrogen) atoms. The average molecular weight is 311 g/mol. The summed E-state index contributed by atoms with van der Waals surface area (Å²) in [5.41, 5.74) is 0.208. The molecule has 1 heterocycles. The third-order valence-corrected chi connectivity index (χ3v) is 5.39. The topological polar surface area (TPSA) is 49.3 Å². The van der Waals surface area contributed by atoms with Crippen LogP contribution in [-0.2, 0) is 0 Å². The van der Waals surface area contributed by atoms with E-state index >= 15 is 0 Å². The molecule has 4 heteroatoms. The number of hydrogen-bond acceptors (Lipinski definition) is 3. The SMILES string of the molecule is CCCCCCC(C)C(C)(C)CNc1ccc(C(=O)O)s1. The zero-order chi connectivity index (χ0) is 15.9. The van der Waals surface area contributed by atoms with E-state index in [1.54, 1.807) is 6.07 Å². The highest BCUT2D eigenvalue weighted by molar-refractivity contribution is 7.17. The predicted octanol–water partition coefficient (Wildman–Crippen LogP) is 5.49. The average Bonchev–Trinajstić information content (AvgIpc) is 2.90. The fourth-order valence-electron chi connectivity index (χ4n) is 2.31. The number of anilines is 1. The summed E-state index contributed by atoms with van der Waals surface area (Å²) in [6.45, 7) is 10.0. The Bertz CT molecular complexity index is 440. The van der Waals surface area contributed by atoms with Gasteiger partial charge in [-0.15, -0.1) is 11.3 Å². The van der Waals surface area contributed by atoms with Crippen molar-refractivity contribution in [2.24, 2.45) is 11.3 Å². The molecule has 1 atom stereocenters. The van der Waals surface area contributed by atoms with Gasteiger partial charge in [-0.2, -0.15) is 0 Å². The molecular formula is C17H29NO2S. The van der Waals surface area contributed by atoms with Gasteiger partial charge in [0.05, 0.1) is 5.00 Å². The van der Waals surface area contributed by atoms with Gasteiger partial charge in [0.1, 0.15) is 4.88 Å². The van der Waals surface area contributed by atoms with Crippen LogP contribution < -0.4 is 5.32 Å². The van der Waals surface area contributed by atoms with Gasteiger partial charge in [0.2, 0.25) is 0 Å². The molecule has 0 spiro atoms. The number of carboxylic acids is 1. The van der Waals surface area contributed by atoms with Crippen LogP contribution in [0.4, 0.5) is 5.00 Å². The van der Waals surface area contributed by atoms with Crippen molar-refractivity contribution >= 4 is 22.3 Å². The molecule has 0 amide bonds. The smallest absolute Gasteiger partial charge is 0.345 e. The summed E-state index contributed by atoms with van der Waals surface area (Å²) in [7, 11) is 0. The van der Waals surface area contributed by atoms with Gasteiger partial charge in [-0.3, -0.25) is 0 Å². The number of carbonyl (C=O) groups is 1. The molecule has 3 nitrogen and oxygen atoms in total. The second kappa shape index (κ2) is 8.42. The maximum atomic E-state index is 10.9. The van der Waals surface area contributed by atoms with E-state index in [0.29, 0.717) is 10.8 Å². The van der Waals surface area contributed by atoms with Crippen LogP contribution in [0.1, 0.15) is 69.5 Å². The molecule has 0 aliphatic carbocycles. The van der Waals surface area contributed by atoms with Crippen LogP contribution in [0.15, 0.2) is 12.1 Å². The summed E-state index contributed by atoms with van der Waals surface area (Å²) >= 11 is 1.31. The van der Waals surface area contributed by atoms with Gasteiger partial charge in [0.15, 0.2) is 0 Å². The number of carboxylic acid groups (broad SMARTS) is 1. The second-order valence-electron chi connectivity index (χ2n) is 6.56. The van der Waals surface area contributed by atoms with Crippen LogP contribution in [0, 0.1) is 11.3 Å². The molecule has 1 aromatic heterocycles. The number of unbranched alkanes of at least 4 members (excludes halogenated alkanes) is 3. The molecule has 0 fully saturated rings. The minimum Gasteiger partial charge on any atom is -0.477 e. The molecule has 0 bridgehead atoms. The molecule has 0 saturated carbocycles. The minimum absolute atomic E-state index is 0.208. The lowest BCUT2D eigenvalue weighted by Gasteiger charge is -2.32. The van der Waals surface area contributed by atoms with Crippen molar-refractivity contribution in [1.29, 1.82) is 0 Å². The van der Waals surface area contributed by atoms with E-state index in [2.05, 4.69) is 33.0 Å². The monoisotopic (exact) mass is 311 g/mol. The molecule has 0 aliphatic rings. The largest absolute Gasteiger partial charge is 0.477 e. The number of hydrogen-bond donors (Lipinski definition) is 2. The van der Waals surface area contributed by atoms with Crippen LogP contribution in [0.5, 0.6) is 0 Å². The van der Waals surface area contributed by atoms with Crippen molar-refractivity contribution in [1.82, 2.24) is 0 Å². The van der Waals surface area contributed by atoms with Crippen LogP contribution in [0.3, 0.4) is 0 Å². The summed E-state index contributed by atoms with van der Waals surface area (Å²) in [6, 6.07) is 3.52. The van der Waals surface area contributed by atoms with Crippen molar-refractivity contribution in [2.75, 3.05) is 11.9 Å². The first kappa shape index (κ1) is 18.0. The Labute approximate surface area is 132 Å². The highest BCUT2D eigenvalue weighted by Crippen LogP contribution is 2.32. The summed E-state index contributed by atoms with van der Waals surface area (Å²) in [5, 5.41) is 13.3. The van der Waals surface area contributed by atoms with Crippen molar-refractivity contribution in [3.8, 4) is 0 Å². The summed E-state index contributed by atoms with van der Waals surface area (Å²) < 4.78 is 0. The maximum Gasteiger partial charge on any atom is 0.345 e. The number of rotatable bonds is 10. The third-order valence-electron chi connectivity index (χ3n) is 4.36. The van der Waals surface area contributed by atoms with Crippen molar-refractivity contribution < 1.29 is 9.90 Å². The highest BCUT2D eigenvalue weighted by atomic mass is 32.1. The first-order chi connectivity index (χ1) is 9.86. The molecule has 1 aromatic rings. The van der Waals surface area contributed by atoms with Gasteiger partial charge >= 0.3 is 5.97 Å². The molecule has 0 radical (unpaired) electrons. The fraction of sp³-hybridized carbons (Fsp3) is 0.706. The molecular weight excluding hydrogens is 282 g/mol. The number of aromatic carboxylic acids is 1. The Kier molecular flexibility index (Phi) is 7.23. The lowest BCUT2D eigenvalue weighted by molar-refractivity contribution is 0.0702. The maximum absolute atomic E-state index is 10.9. The van der Waals surface area contributed by atoms with Crippen LogP contribution >= 0.6 is 11.3 Å². The molecule has 0 aromatic carbocycles. The lowest BCUT2D eigenvalue weighted by Crippen LogP contribution is -2.30. The molecule has 1 unspecified atom stereocenters. The summed E-state index contributed by atoms with van der Waals surface area (Å²) in [4.78, 5) is 11.3. The van der Waals surface area contributed by atoms with Crippen molar-refractivity contribution in [3.63, 3.8) is 0 Å². The first-order valence-electron chi connectivity index (χ1n) is 7.94. The quantitative estimate of drug-likeness (QED) is 0.562. The zero-order valence-electron chi connectivity index (χ0n) is 13.7. The van der Waals surface area contributed by atoms with Gasteiger partial charge in [-0.25, -0.2) is 4.79 Å². The normalized spacial score (nSPS) is 13.1. The van der Waals surface area contributed by atoms with E-state index in [1.807, 2.05) is 6.07 Å². The minimum atomic E-state index is -0.850. The van der Waals surface area contributed by atoms with Crippen LogP contribution in [0.2, 0.25) is 0 Å². The number of thiophene rings is 1. The predicted molar refractivity (Wildman–Crippen MR) is 91.5 cm³/mol. The second-order valence-corrected chi connectivity index (χ2v) is 7.65. The number of nitrogens with one attached hydrogen (secondary N) is 1. The van der Waals surface area contributed by atoms with E-state index in [4.69, 9.17) is 5.11 Å². The van der Waals surface area contributed by atoms with Crippen LogP contribution in [-0.4, -0.2) is 17.6 Å². The summed E-state index contributed by atoms with van der Waals surface area (Å²) in [5.74, 6) is -0.197. The standard InChI is InChI=1S/C17H29NO2S/c1-5-6-7-8-9-13(2)17(3,4)12-18-15-11-10-14(21-15)16(19)20/h10-11,13,18H,5-9,12H2,1-4H3,(H,19,20). The highest BCUT2D eigenvalue weighted by Gasteiger charge is 2.25. The van der Waals surface area contributed by atoms with E-state index < -0.39 is 5.97 Å². The molecule has 2 N–H and O–H groups in total. The van der Waals surface area contributed by atoms with Crippen molar-refractivity contribution in [2.45, 2.75) is 59.8 Å². The molecule has 1 rings (SSSR count). The van der Waals surface area contributed by atoms with E-state index in [9.17, 15) is 4.79 Å². The fourth-order valence-corrected chi connectivity index (χ4v) is 3.05. The van der Waals surface area contributed by atoms with E-state index in [1.165, 1.54) is 43.4 Å². The van der Waals surface area contributed by atoms with Gasteiger partial charge in [-0.1, -0.05) is 59.8 Å². The molecule has 120 valence electrons. The first-order valence-corrected chi connectivity index (χ1v) is 8.75. The van der Waals surface area contributed by atoms with Crippen molar-refractivity contribution in [3.05, 3.63) is 17.0 Å². The van der Waals surface area contributed by atoms with E-state index in [0.717, 1.165) is 11.5 Å². The Morgan fingerprint density at radius 3 is 2.62 bits per heavy atom.